The molecule has 0 radical (unpaired) electrons. The number of benzene rings is 1. The van der Waals surface area contributed by atoms with E-state index in [-0.39, 0.29) is 5.69 Å². The van der Waals surface area contributed by atoms with E-state index in [0.717, 1.165) is 18.9 Å². The molecule has 22 heavy (non-hydrogen) atoms. The Labute approximate surface area is 145 Å². The summed E-state index contributed by atoms with van der Waals surface area (Å²) < 4.78 is 3.07. The topological polar surface area (TPSA) is 88.8 Å². The van der Waals surface area contributed by atoms with Gasteiger partial charge in [0.05, 0.1) is 11.7 Å². The smallest absolute Gasteiger partial charge is 0.304 e. The number of halogens is 2. The molecule has 4 rings (SSSR count). The van der Waals surface area contributed by atoms with Crippen LogP contribution < -0.4 is 5.69 Å². The molecule has 0 saturated heterocycles. The third kappa shape index (κ3) is 2.11. The minimum atomic E-state index is -0.342. The van der Waals surface area contributed by atoms with E-state index in [1.54, 1.807) is 18.6 Å². The number of nitrogens with zero attached hydrogens (tertiary/aromatic N) is 5. The van der Waals surface area contributed by atoms with Crippen molar-refractivity contribution in [2.45, 2.75) is 0 Å². The molecule has 3 heterocycles. The van der Waals surface area contributed by atoms with Crippen molar-refractivity contribution in [1.29, 1.82) is 0 Å². The van der Waals surface area contributed by atoms with Gasteiger partial charge in [0.25, 0.3) is 0 Å². The first-order chi connectivity index (χ1) is 10.6. The maximum atomic E-state index is 12.2. The van der Waals surface area contributed by atoms with Crippen molar-refractivity contribution in [3.05, 3.63) is 49.3 Å². The van der Waals surface area contributed by atoms with Crippen LogP contribution in [0.1, 0.15) is 0 Å². The number of nitrogens with one attached hydrogen (secondary N) is 1. The highest BCUT2D eigenvalue weighted by Gasteiger charge is 2.14. The minimum absolute atomic E-state index is 0.342. The molecular weight excluding hydrogens is 463 g/mol. The van der Waals surface area contributed by atoms with Crippen LogP contribution in [0.2, 0.25) is 0 Å². The first kappa shape index (κ1) is 13.8. The van der Waals surface area contributed by atoms with Gasteiger partial charge in [0, 0.05) is 25.8 Å². The van der Waals surface area contributed by atoms with Crippen molar-refractivity contribution in [3.8, 4) is 11.5 Å². The van der Waals surface area contributed by atoms with Gasteiger partial charge in [-0.25, -0.2) is 14.8 Å². The van der Waals surface area contributed by atoms with Crippen LogP contribution >= 0.6 is 38.5 Å². The predicted molar refractivity (Wildman–Crippen MR) is 92.6 cm³/mol. The van der Waals surface area contributed by atoms with Gasteiger partial charge in [-0.15, -0.1) is 5.10 Å². The van der Waals surface area contributed by atoms with E-state index >= 15 is 0 Å². The van der Waals surface area contributed by atoms with Gasteiger partial charge in [-0.2, -0.15) is 4.52 Å². The third-order valence-electron chi connectivity index (χ3n) is 3.12. The molecule has 0 unspecified atom stereocenters. The quantitative estimate of drug-likeness (QED) is 0.433. The maximum Gasteiger partial charge on any atom is 0.348 e. The molecule has 4 aromatic rings. The molecule has 1 N–H and O–H groups in total. The molecule has 7 nitrogen and oxygen atoms in total. The van der Waals surface area contributed by atoms with Gasteiger partial charge in [-0.3, -0.25) is 4.98 Å². The van der Waals surface area contributed by atoms with Gasteiger partial charge in [0.15, 0.2) is 5.65 Å². The first-order valence-electron chi connectivity index (χ1n) is 6.18. The molecule has 0 amide bonds. The average Bonchev–Trinajstić information content (AvgIpc) is 2.96. The minimum Gasteiger partial charge on any atom is -0.304 e. The van der Waals surface area contributed by atoms with E-state index in [0.29, 0.717) is 17.2 Å². The van der Waals surface area contributed by atoms with E-state index in [1.807, 2.05) is 12.1 Å². The van der Waals surface area contributed by atoms with E-state index in [2.05, 4.69) is 63.6 Å². The zero-order valence-corrected chi connectivity index (χ0v) is 14.5. The average molecular weight is 469 g/mol. The molecule has 0 atom stereocenters. The zero-order valence-electron chi connectivity index (χ0n) is 10.8. The summed E-state index contributed by atoms with van der Waals surface area (Å²) in [5.41, 5.74) is 1.40. The fourth-order valence-corrected chi connectivity index (χ4v) is 3.83. The summed E-state index contributed by atoms with van der Waals surface area (Å²) in [7, 11) is 0. The Hall–Kier alpha value is -1.88. The number of rotatable bonds is 1. The van der Waals surface area contributed by atoms with Crippen LogP contribution in [-0.2, 0) is 0 Å². The van der Waals surface area contributed by atoms with Crippen LogP contribution in [0.5, 0.6) is 0 Å². The number of hydrogen-bond donors (Lipinski definition) is 1. The van der Waals surface area contributed by atoms with Crippen LogP contribution in [0.15, 0.2) is 40.0 Å². The van der Waals surface area contributed by atoms with Crippen molar-refractivity contribution in [2.24, 2.45) is 0 Å². The summed E-state index contributed by atoms with van der Waals surface area (Å²) in [6.45, 7) is 0. The lowest BCUT2D eigenvalue weighted by Crippen LogP contribution is -2.17. The number of hydrogen-bond acceptors (Lipinski definition) is 5. The second-order valence-electron chi connectivity index (χ2n) is 4.50. The summed E-state index contributed by atoms with van der Waals surface area (Å²) in [5.74, 6) is 0.362. The molecule has 0 aliphatic heterocycles. The maximum absolute atomic E-state index is 12.2. The van der Waals surface area contributed by atoms with Gasteiger partial charge >= 0.3 is 5.69 Å². The van der Waals surface area contributed by atoms with Gasteiger partial charge in [-0.1, -0.05) is 15.9 Å². The van der Waals surface area contributed by atoms with Crippen LogP contribution in [0.25, 0.3) is 28.1 Å². The molecule has 0 spiro atoms. The molecule has 0 fully saturated rings. The van der Waals surface area contributed by atoms with Crippen LogP contribution in [0.4, 0.5) is 0 Å². The van der Waals surface area contributed by atoms with Crippen molar-refractivity contribution >= 4 is 55.1 Å². The Kier molecular flexibility index (Phi) is 3.18. The lowest BCUT2D eigenvalue weighted by atomic mass is 10.2. The van der Waals surface area contributed by atoms with E-state index < -0.39 is 0 Å². The Balaban J connectivity index is 2.13. The fraction of sp³-hybridized carbons (Fsp3) is 0. The summed E-state index contributed by atoms with van der Waals surface area (Å²) in [6, 6.07) is 3.83. The molecule has 1 aromatic carbocycles. The van der Waals surface area contributed by atoms with Crippen molar-refractivity contribution in [2.75, 3.05) is 0 Å². The van der Waals surface area contributed by atoms with Crippen molar-refractivity contribution < 1.29 is 0 Å². The predicted octanol–water partition coefficient (Wildman–Crippen LogP) is 2.39. The number of H-pyrrole nitrogens is 1. The van der Waals surface area contributed by atoms with E-state index in [4.69, 9.17) is 0 Å². The molecular formula is C13H6BrIN6O. The first-order valence-corrected chi connectivity index (χ1v) is 8.05. The summed E-state index contributed by atoms with van der Waals surface area (Å²) in [4.78, 5) is 27.7. The highest BCUT2D eigenvalue weighted by molar-refractivity contribution is 14.1. The Morgan fingerprint density at radius 1 is 1.27 bits per heavy atom. The monoisotopic (exact) mass is 468 g/mol. The Morgan fingerprint density at radius 2 is 2.14 bits per heavy atom. The van der Waals surface area contributed by atoms with Crippen LogP contribution in [-0.4, -0.2) is 29.5 Å². The normalized spacial score (nSPS) is 11.4. The Morgan fingerprint density at radius 3 is 2.91 bits per heavy atom. The van der Waals surface area contributed by atoms with Gasteiger partial charge in [0.2, 0.25) is 5.82 Å². The largest absolute Gasteiger partial charge is 0.348 e. The third-order valence-corrected chi connectivity index (χ3v) is 4.43. The number of aromatic nitrogens is 6. The van der Waals surface area contributed by atoms with E-state index in [9.17, 15) is 4.79 Å². The molecule has 0 aliphatic rings. The summed E-state index contributed by atoms with van der Waals surface area (Å²) >= 11 is 5.63. The molecule has 0 saturated carbocycles. The standard InChI is InChI=1S/C13H6BrIN6O/c14-6-3-7-10(8(15)4-6)18-13(22)21-12(7)19-11(20-21)9-5-16-1-2-17-9/h1-5H,(H,18,22). The van der Waals surface area contributed by atoms with Crippen molar-refractivity contribution in [3.63, 3.8) is 0 Å². The summed E-state index contributed by atoms with van der Waals surface area (Å²) in [5, 5.41) is 5.04. The lowest BCUT2D eigenvalue weighted by Gasteiger charge is -2.02. The Bertz CT molecular complexity index is 1070. The fourth-order valence-electron chi connectivity index (χ4n) is 2.19. The highest BCUT2D eigenvalue weighted by Crippen LogP contribution is 2.26. The molecule has 0 aliphatic carbocycles. The lowest BCUT2D eigenvalue weighted by molar-refractivity contribution is 0.882. The summed E-state index contributed by atoms with van der Waals surface area (Å²) in [6.07, 6.45) is 4.69. The molecule has 0 bridgehead atoms. The number of fused-ring (bicyclic) bond motifs is 3. The van der Waals surface area contributed by atoms with Gasteiger partial charge in [0.1, 0.15) is 5.69 Å². The number of aromatic amines is 1. The second-order valence-corrected chi connectivity index (χ2v) is 6.58. The second kappa shape index (κ2) is 5.09. The molecule has 3 aromatic heterocycles. The van der Waals surface area contributed by atoms with Crippen LogP contribution in [0.3, 0.4) is 0 Å². The molecule has 108 valence electrons. The van der Waals surface area contributed by atoms with Gasteiger partial charge < -0.3 is 4.98 Å². The zero-order chi connectivity index (χ0) is 15.3. The van der Waals surface area contributed by atoms with Crippen LogP contribution in [0, 0.1) is 3.57 Å². The highest BCUT2D eigenvalue weighted by atomic mass is 127. The van der Waals surface area contributed by atoms with Gasteiger partial charge in [-0.05, 0) is 34.7 Å². The van der Waals surface area contributed by atoms with E-state index in [1.165, 1.54) is 4.52 Å². The van der Waals surface area contributed by atoms with Crippen molar-refractivity contribution in [1.82, 2.24) is 29.5 Å². The SMILES string of the molecule is O=c1[nH]c2c(I)cc(Br)cc2c2nc(-c3cnccn3)nn12. The molecule has 9 heteroatoms.